The molecule has 8 rings (SSSR count). The number of para-hydroxylation sites is 2. The Labute approximate surface area is 217 Å². The Hall–Kier alpha value is -3.85. The molecule has 0 atom stereocenters. The molecule has 5 aromatic carbocycles. The standard InChI is InChI=1S/C30H18BF2IN2O/c32-34(33,35-19-9-2-1-3-10-19)23-18-17-21-20-11-4-6-13-24(20)36-25-14-8-16-27-29(25)31(28(23)30(21)36)22-12-5-7-15-26(22)37-27/h1-18H. The third-order valence-corrected chi connectivity index (χ3v) is 10.8. The number of nitrogens with zero attached hydrogens (tertiary/aromatic N) is 2. The van der Waals surface area contributed by atoms with E-state index in [9.17, 15) is 0 Å². The van der Waals surface area contributed by atoms with E-state index in [-0.39, 0.29) is 10.3 Å². The van der Waals surface area contributed by atoms with Crippen LogP contribution in [0.2, 0.25) is 0 Å². The summed E-state index contributed by atoms with van der Waals surface area (Å²) >= 11 is -5.80. The maximum absolute atomic E-state index is 16.4. The van der Waals surface area contributed by atoms with Gasteiger partial charge in [-0.15, -0.1) is 0 Å². The summed E-state index contributed by atoms with van der Waals surface area (Å²) in [4.78, 5) is 0. The second kappa shape index (κ2) is 7.58. The second-order valence-corrected chi connectivity index (χ2v) is 13.3. The maximum atomic E-state index is 16.4. The van der Waals surface area contributed by atoms with Crippen LogP contribution in [0.5, 0.6) is 11.5 Å². The van der Waals surface area contributed by atoms with E-state index in [2.05, 4.69) is 25.9 Å². The molecular weight excluding hydrogens is 580 g/mol. The van der Waals surface area contributed by atoms with E-state index in [0.29, 0.717) is 22.6 Å². The zero-order chi connectivity index (χ0) is 24.7. The topological polar surface area (TPSA) is 26.5 Å². The van der Waals surface area contributed by atoms with Crippen LogP contribution >= 0.6 is 19.4 Å². The Morgan fingerprint density at radius 2 is 1.43 bits per heavy atom. The zero-order valence-electron chi connectivity index (χ0n) is 19.4. The van der Waals surface area contributed by atoms with Gasteiger partial charge in [0.15, 0.2) is 0 Å². The van der Waals surface area contributed by atoms with Crippen molar-refractivity contribution >= 4 is 70.0 Å². The second-order valence-electron chi connectivity index (χ2n) is 9.30. The number of fused-ring (bicyclic) bond motifs is 7. The molecule has 0 unspecified atom stereocenters. The third-order valence-electron chi connectivity index (χ3n) is 7.34. The minimum atomic E-state index is -5.80. The summed E-state index contributed by atoms with van der Waals surface area (Å²) in [6.45, 7) is -0.368. The molecule has 0 saturated carbocycles. The number of ether oxygens (including phenoxy) is 1. The van der Waals surface area contributed by atoms with Gasteiger partial charge in [-0.2, -0.15) is 0 Å². The number of rotatable bonds is 2. The van der Waals surface area contributed by atoms with Gasteiger partial charge in [-0.1, -0.05) is 0 Å². The fourth-order valence-corrected chi connectivity index (χ4v) is 9.09. The number of hydrogen-bond donors (Lipinski definition) is 0. The van der Waals surface area contributed by atoms with Crippen LogP contribution in [-0.2, 0) is 0 Å². The zero-order valence-corrected chi connectivity index (χ0v) is 21.6. The van der Waals surface area contributed by atoms with Crippen molar-refractivity contribution in [2.45, 2.75) is 0 Å². The summed E-state index contributed by atoms with van der Waals surface area (Å²) < 4.78 is 45.5. The number of halogens is 3. The molecule has 0 radical (unpaired) electrons. The fraction of sp³-hybridized carbons (Fsp3) is 0. The molecule has 3 nitrogen and oxygen atoms in total. The van der Waals surface area contributed by atoms with E-state index in [4.69, 9.17) is 4.74 Å². The number of hydrogen-bond acceptors (Lipinski definition) is 2. The number of aromatic nitrogens is 1. The quantitative estimate of drug-likeness (QED) is 0.153. The molecule has 0 saturated heterocycles. The fourth-order valence-electron chi connectivity index (χ4n) is 5.93. The van der Waals surface area contributed by atoms with Crippen molar-refractivity contribution in [2.75, 3.05) is 0 Å². The van der Waals surface area contributed by atoms with Crippen molar-refractivity contribution in [3.63, 3.8) is 0 Å². The van der Waals surface area contributed by atoms with Crippen LogP contribution in [0.1, 0.15) is 0 Å². The SMILES string of the molecule is FI(F)(=Nc1ccccc1)c1ccc2c3ccccc3n3c2c1B1c2ccccc2Oc2cccc-3c21. The van der Waals surface area contributed by atoms with Crippen LogP contribution in [0.15, 0.2) is 112 Å². The molecule has 2 aliphatic rings. The number of benzene rings is 5. The van der Waals surface area contributed by atoms with Crippen molar-refractivity contribution in [2.24, 2.45) is 3.15 Å². The summed E-state index contributed by atoms with van der Waals surface area (Å²) in [6.07, 6.45) is 0. The molecule has 7 heteroatoms. The summed E-state index contributed by atoms with van der Waals surface area (Å²) in [5.74, 6) is 1.42. The van der Waals surface area contributed by atoms with E-state index in [1.807, 2.05) is 60.7 Å². The summed E-state index contributed by atoms with van der Waals surface area (Å²) in [7, 11) is 0. The van der Waals surface area contributed by atoms with Gasteiger partial charge in [-0.3, -0.25) is 0 Å². The van der Waals surface area contributed by atoms with Crippen LogP contribution in [-0.4, -0.2) is 11.3 Å². The molecule has 0 amide bonds. The van der Waals surface area contributed by atoms with Gasteiger partial charge in [-0.25, -0.2) is 0 Å². The minimum absolute atomic E-state index is 0.0921. The average Bonchev–Trinajstić information content (AvgIpc) is 3.26. The van der Waals surface area contributed by atoms with Gasteiger partial charge >= 0.3 is 218 Å². The van der Waals surface area contributed by atoms with Crippen LogP contribution in [0.3, 0.4) is 0 Å². The van der Waals surface area contributed by atoms with Gasteiger partial charge in [0.2, 0.25) is 0 Å². The molecule has 0 bridgehead atoms. The van der Waals surface area contributed by atoms with Crippen LogP contribution < -0.4 is 21.1 Å². The van der Waals surface area contributed by atoms with Gasteiger partial charge in [0.05, 0.1) is 0 Å². The van der Waals surface area contributed by atoms with E-state index in [1.165, 1.54) is 0 Å². The van der Waals surface area contributed by atoms with Gasteiger partial charge < -0.3 is 0 Å². The molecule has 37 heavy (non-hydrogen) atoms. The van der Waals surface area contributed by atoms with Gasteiger partial charge in [0.1, 0.15) is 0 Å². The molecule has 6 aromatic rings. The molecule has 178 valence electrons. The molecule has 0 aliphatic carbocycles. The van der Waals surface area contributed by atoms with Crippen molar-refractivity contribution in [3.05, 3.63) is 113 Å². The molecular formula is C30H18BF2IN2O. The van der Waals surface area contributed by atoms with Crippen molar-refractivity contribution in [1.29, 1.82) is 0 Å². The monoisotopic (exact) mass is 598 g/mol. The van der Waals surface area contributed by atoms with E-state index in [1.54, 1.807) is 30.3 Å². The van der Waals surface area contributed by atoms with E-state index in [0.717, 1.165) is 38.4 Å². The summed E-state index contributed by atoms with van der Waals surface area (Å²) in [5.41, 5.74) is 5.63. The first kappa shape index (κ1) is 21.3. The molecule has 3 heterocycles. The Kier molecular flexibility index (Phi) is 4.36. The molecule has 1 aromatic heterocycles. The first-order chi connectivity index (χ1) is 18.1. The van der Waals surface area contributed by atoms with Crippen LogP contribution in [0, 0.1) is 3.57 Å². The van der Waals surface area contributed by atoms with E-state index >= 15 is 5.72 Å². The van der Waals surface area contributed by atoms with Crippen LogP contribution in [0.25, 0.3) is 27.5 Å². The first-order valence-electron chi connectivity index (χ1n) is 12.0. The van der Waals surface area contributed by atoms with Crippen molar-refractivity contribution in [3.8, 4) is 17.2 Å². The molecule has 0 fully saturated rings. The molecule has 0 N–H and O–H groups in total. The van der Waals surface area contributed by atoms with Crippen molar-refractivity contribution < 1.29 is 10.5 Å². The molecule has 2 aliphatic heterocycles. The Morgan fingerprint density at radius 3 is 2.32 bits per heavy atom. The summed E-state index contributed by atoms with van der Waals surface area (Å²) in [6, 6.07) is 34.0. The Morgan fingerprint density at radius 1 is 0.676 bits per heavy atom. The summed E-state index contributed by atoms with van der Waals surface area (Å²) in [5, 5.41) is 2.02. The predicted molar refractivity (Wildman–Crippen MR) is 155 cm³/mol. The third kappa shape index (κ3) is 2.91. The Bertz CT molecular complexity index is 1960. The van der Waals surface area contributed by atoms with E-state index < -0.39 is 19.4 Å². The van der Waals surface area contributed by atoms with Gasteiger partial charge in [-0.05, 0) is 0 Å². The van der Waals surface area contributed by atoms with Crippen molar-refractivity contribution in [1.82, 2.24) is 4.57 Å². The average molecular weight is 598 g/mol. The first-order valence-corrected chi connectivity index (χ1v) is 15.7. The van der Waals surface area contributed by atoms with Gasteiger partial charge in [0.25, 0.3) is 0 Å². The predicted octanol–water partition coefficient (Wildman–Crippen LogP) is 7.22. The molecule has 0 spiro atoms. The van der Waals surface area contributed by atoms with Crippen LogP contribution in [0.4, 0.5) is 11.4 Å². The van der Waals surface area contributed by atoms with Gasteiger partial charge in [0, 0.05) is 0 Å². The normalized spacial score (nSPS) is 13.7. The Balaban J connectivity index is 1.58.